The molecule has 28 heavy (non-hydrogen) atoms. The topological polar surface area (TPSA) is 51.5 Å². The highest BCUT2D eigenvalue weighted by Crippen LogP contribution is 2.39. The Morgan fingerprint density at radius 2 is 1.54 bits per heavy atom. The number of ether oxygens (including phenoxy) is 1. The van der Waals surface area contributed by atoms with Gasteiger partial charge in [-0.1, -0.05) is 12.1 Å². The lowest BCUT2D eigenvalue weighted by molar-refractivity contribution is -0.138. The highest BCUT2D eigenvalue weighted by Gasteiger charge is 2.51. The number of benzene rings is 2. The summed E-state index contributed by atoms with van der Waals surface area (Å²) < 4.78 is 57.1. The van der Waals surface area contributed by atoms with Crippen LogP contribution in [0.4, 0.5) is 13.2 Å². The third-order valence-electron chi connectivity index (χ3n) is 5.05. The zero-order chi connectivity index (χ0) is 20.7. The lowest BCUT2D eigenvalue weighted by Crippen LogP contribution is -2.41. The van der Waals surface area contributed by atoms with Crippen molar-refractivity contribution in [2.75, 3.05) is 0 Å². The molecule has 0 radical (unpaired) electrons. The van der Waals surface area contributed by atoms with Crippen molar-refractivity contribution in [1.82, 2.24) is 0 Å². The Kier molecular flexibility index (Phi) is 4.94. The maximum absolute atomic E-state index is 13.3. The fourth-order valence-corrected chi connectivity index (χ4v) is 2.71. The number of alkyl halides is 3. The number of rotatable bonds is 3. The molecule has 3 rings (SSSR count). The second kappa shape index (κ2) is 6.84. The van der Waals surface area contributed by atoms with Crippen molar-refractivity contribution in [3.63, 3.8) is 0 Å². The Hall–Kier alpha value is -2.50. The molecule has 0 aromatic heterocycles. The molecule has 1 fully saturated rings. The van der Waals surface area contributed by atoms with Crippen LogP contribution in [0.1, 0.15) is 38.8 Å². The third-order valence-corrected chi connectivity index (χ3v) is 5.05. The molecule has 0 saturated carbocycles. The molecule has 0 aliphatic carbocycles. The summed E-state index contributed by atoms with van der Waals surface area (Å²) in [6, 6.07) is 11.4. The second-order valence-electron chi connectivity index (χ2n) is 7.58. The summed E-state index contributed by atoms with van der Waals surface area (Å²) in [4.78, 5) is 0. The maximum atomic E-state index is 13.3. The molecule has 0 unspecified atom stereocenters. The Balaban J connectivity index is 1.82. The zero-order valence-electron chi connectivity index (χ0n) is 15.9. The van der Waals surface area contributed by atoms with E-state index in [0.717, 1.165) is 17.6 Å². The number of halogens is 3. The van der Waals surface area contributed by atoms with Crippen LogP contribution in [0.3, 0.4) is 0 Å². The average molecular weight is 389 g/mol. The molecule has 1 aliphatic heterocycles. The molecular formula is C20H19BF3NO3. The van der Waals surface area contributed by atoms with Crippen molar-refractivity contribution >= 4 is 12.6 Å². The van der Waals surface area contributed by atoms with Gasteiger partial charge in [-0.05, 0) is 63.5 Å². The van der Waals surface area contributed by atoms with Gasteiger partial charge in [-0.2, -0.15) is 18.4 Å². The maximum Gasteiger partial charge on any atom is 0.494 e. The van der Waals surface area contributed by atoms with Crippen LogP contribution < -0.4 is 10.2 Å². The first-order chi connectivity index (χ1) is 12.9. The number of hydrogen-bond acceptors (Lipinski definition) is 4. The normalized spacial score (nSPS) is 18.0. The predicted octanol–water partition coefficient (Wildman–Crippen LogP) is 4.67. The summed E-state index contributed by atoms with van der Waals surface area (Å²) in [5, 5.41) is 8.83. The highest BCUT2D eigenvalue weighted by molar-refractivity contribution is 6.62. The van der Waals surface area contributed by atoms with Crippen LogP contribution in [-0.4, -0.2) is 18.3 Å². The van der Waals surface area contributed by atoms with Gasteiger partial charge in [0.1, 0.15) is 11.5 Å². The van der Waals surface area contributed by atoms with Gasteiger partial charge in [0.05, 0.1) is 28.4 Å². The van der Waals surface area contributed by atoms with Crippen molar-refractivity contribution < 1.29 is 27.2 Å². The molecule has 2 aromatic carbocycles. The number of nitrogens with zero attached hydrogens (tertiary/aromatic N) is 1. The van der Waals surface area contributed by atoms with Gasteiger partial charge in [0, 0.05) is 0 Å². The molecule has 0 amide bonds. The fourth-order valence-electron chi connectivity index (χ4n) is 2.71. The fraction of sp³-hybridized carbons (Fsp3) is 0.350. The van der Waals surface area contributed by atoms with E-state index in [1.807, 2.05) is 27.7 Å². The zero-order valence-corrected chi connectivity index (χ0v) is 15.9. The van der Waals surface area contributed by atoms with E-state index in [9.17, 15) is 13.2 Å². The van der Waals surface area contributed by atoms with Gasteiger partial charge >= 0.3 is 13.3 Å². The molecule has 1 aliphatic rings. The van der Waals surface area contributed by atoms with Crippen LogP contribution in [-0.2, 0) is 15.5 Å². The second-order valence-corrected chi connectivity index (χ2v) is 7.58. The third kappa shape index (κ3) is 3.86. The summed E-state index contributed by atoms with van der Waals surface area (Å²) in [6.45, 7) is 7.75. The van der Waals surface area contributed by atoms with Crippen LogP contribution in [0, 0.1) is 11.3 Å². The Morgan fingerprint density at radius 3 is 2.04 bits per heavy atom. The first-order valence-corrected chi connectivity index (χ1v) is 8.68. The van der Waals surface area contributed by atoms with Crippen LogP contribution in [0.5, 0.6) is 11.5 Å². The van der Waals surface area contributed by atoms with E-state index in [1.165, 1.54) is 6.07 Å². The Bertz CT molecular complexity index is 902. The van der Waals surface area contributed by atoms with Crippen molar-refractivity contribution in [3.05, 3.63) is 53.6 Å². The highest BCUT2D eigenvalue weighted by atomic mass is 19.4. The van der Waals surface area contributed by atoms with E-state index < -0.39 is 30.1 Å². The number of nitriles is 1. The molecule has 8 heteroatoms. The summed E-state index contributed by atoms with van der Waals surface area (Å²) in [5.74, 6) is -0.134. The largest absolute Gasteiger partial charge is 0.494 e. The molecular weight excluding hydrogens is 370 g/mol. The SMILES string of the molecule is CC1(C)OB(c2ccc(Oc3ccc(C#N)cc3C(F)(F)F)cc2)OC1(C)C. The molecule has 2 aromatic rings. The minimum absolute atomic E-state index is 0.0872. The minimum Gasteiger partial charge on any atom is -0.457 e. The van der Waals surface area contributed by atoms with E-state index in [4.69, 9.17) is 19.3 Å². The van der Waals surface area contributed by atoms with E-state index in [-0.39, 0.29) is 17.1 Å². The quantitative estimate of drug-likeness (QED) is 0.716. The van der Waals surface area contributed by atoms with Crippen molar-refractivity contribution in [2.24, 2.45) is 0 Å². The Morgan fingerprint density at radius 1 is 0.964 bits per heavy atom. The van der Waals surface area contributed by atoms with Crippen LogP contribution >= 0.6 is 0 Å². The van der Waals surface area contributed by atoms with Gasteiger partial charge in [-0.15, -0.1) is 0 Å². The molecule has 0 spiro atoms. The van der Waals surface area contributed by atoms with E-state index in [1.54, 1.807) is 30.3 Å². The molecule has 4 nitrogen and oxygen atoms in total. The average Bonchev–Trinajstić information content (AvgIpc) is 2.82. The Labute approximate surface area is 162 Å². The van der Waals surface area contributed by atoms with E-state index >= 15 is 0 Å². The van der Waals surface area contributed by atoms with Gasteiger partial charge in [0.15, 0.2) is 0 Å². The monoisotopic (exact) mass is 389 g/mol. The van der Waals surface area contributed by atoms with Gasteiger partial charge in [0.2, 0.25) is 0 Å². The molecule has 0 bridgehead atoms. The first kappa shape index (κ1) is 20.2. The predicted molar refractivity (Wildman–Crippen MR) is 98.4 cm³/mol. The van der Waals surface area contributed by atoms with Crippen LogP contribution in [0.25, 0.3) is 0 Å². The van der Waals surface area contributed by atoms with Crippen LogP contribution in [0.15, 0.2) is 42.5 Å². The number of hydrogen-bond donors (Lipinski definition) is 0. The van der Waals surface area contributed by atoms with Gasteiger partial charge < -0.3 is 14.0 Å². The standard InChI is InChI=1S/C20H19BF3NO3/c1-18(2)19(3,4)28-21(27-18)14-6-8-15(9-7-14)26-17-10-5-13(12-25)11-16(17)20(22,23)24/h5-11H,1-4H3. The molecule has 0 N–H and O–H groups in total. The van der Waals surface area contributed by atoms with Crippen molar-refractivity contribution in [1.29, 1.82) is 5.26 Å². The molecule has 1 heterocycles. The van der Waals surface area contributed by atoms with E-state index in [0.29, 0.717) is 0 Å². The summed E-state index contributed by atoms with van der Waals surface area (Å²) in [7, 11) is -0.570. The van der Waals surface area contributed by atoms with Gasteiger partial charge in [-0.25, -0.2) is 0 Å². The van der Waals surface area contributed by atoms with Gasteiger partial charge in [0.25, 0.3) is 0 Å². The first-order valence-electron chi connectivity index (χ1n) is 8.68. The van der Waals surface area contributed by atoms with Gasteiger partial charge in [-0.3, -0.25) is 0 Å². The van der Waals surface area contributed by atoms with Crippen molar-refractivity contribution in [3.8, 4) is 17.6 Å². The van der Waals surface area contributed by atoms with Crippen molar-refractivity contribution in [2.45, 2.75) is 45.1 Å². The molecule has 146 valence electrons. The minimum atomic E-state index is -4.63. The molecule has 0 atom stereocenters. The lowest BCUT2D eigenvalue weighted by atomic mass is 9.79. The smallest absolute Gasteiger partial charge is 0.457 e. The van der Waals surface area contributed by atoms with Crippen LogP contribution in [0.2, 0.25) is 0 Å². The molecule has 1 saturated heterocycles. The van der Waals surface area contributed by atoms with E-state index in [2.05, 4.69) is 0 Å². The summed E-state index contributed by atoms with van der Waals surface area (Å²) >= 11 is 0. The summed E-state index contributed by atoms with van der Waals surface area (Å²) in [6.07, 6.45) is -4.63. The lowest BCUT2D eigenvalue weighted by Gasteiger charge is -2.32. The summed E-state index contributed by atoms with van der Waals surface area (Å²) in [5.41, 5.74) is -1.33.